The number of hydrogen-bond donors (Lipinski definition) is 0. The van der Waals surface area contributed by atoms with E-state index in [1.165, 1.54) is 5.57 Å². The highest BCUT2D eigenvalue weighted by Crippen LogP contribution is 2.47. The molecule has 0 heterocycles. The van der Waals surface area contributed by atoms with Crippen molar-refractivity contribution in [3.05, 3.63) is 23.5 Å². The van der Waals surface area contributed by atoms with Crippen LogP contribution in [0.3, 0.4) is 0 Å². The van der Waals surface area contributed by atoms with Gasteiger partial charge in [0, 0.05) is 23.7 Å². The van der Waals surface area contributed by atoms with Gasteiger partial charge in [-0.3, -0.25) is 4.79 Å². The molecule has 0 amide bonds. The van der Waals surface area contributed by atoms with E-state index in [0.717, 1.165) is 5.76 Å². The van der Waals surface area contributed by atoms with E-state index < -0.39 is 0 Å². The topological polar surface area (TPSA) is 26.3 Å². The minimum atomic E-state index is 0.107. The van der Waals surface area contributed by atoms with Gasteiger partial charge < -0.3 is 4.74 Å². The highest BCUT2D eigenvalue weighted by molar-refractivity contribution is 5.87. The van der Waals surface area contributed by atoms with Crippen LogP contribution in [0, 0.1) is 23.7 Å². The molecule has 2 aliphatic rings. The summed E-state index contributed by atoms with van der Waals surface area (Å²) >= 11 is 0. The summed E-state index contributed by atoms with van der Waals surface area (Å²) in [5.41, 5.74) is 1.32. The molecule has 0 unspecified atom stereocenters. The highest BCUT2D eigenvalue weighted by Gasteiger charge is 2.45. The molecule has 15 heavy (non-hydrogen) atoms. The van der Waals surface area contributed by atoms with Crippen LogP contribution in [0.5, 0.6) is 0 Å². The zero-order valence-corrected chi connectivity index (χ0v) is 9.78. The number of fused-ring (bicyclic) bond motifs is 2. The molecular formula is C13H18O2. The van der Waals surface area contributed by atoms with Crippen LogP contribution in [0.25, 0.3) is 0 Å². The Hall–Kier alpha value is -1.05. The van der Waals surface area contributed by atoms with E-state index in [0.29, 0.717) is 5.78 Å². The average molecular weight is 206 g/mol. The lowest BCUT2D eigenvalue weighted by Crippen LogP contribution is -2.36. The number of rotatable bonds is 1. The number of carbonyl (C=O) groups is 1. The molecule has 0 aromatic rings. The summed E-state index contributed by atoms with van der Waals surface area (Å²) in [5, 5.41) is 0. The summed E-state index contributed by atoms with van der Waals surface area (Å²) in [6, 6.07) is 0. The molecule has 2 nitrogen and oxygen atoms in total. The number of hydrogen-bond acceptors (Lipinski definition) is 2. The largest absolute Gasteiger partial charge is 0.501 e. The molecule has 2 bridgehead atoms. The Morgan fingerprint density at radius 1 is 1.20 bits per heavy atom. The summed E-state index contributed by atoms with van der Waals surface area (Å²) < 4.78 is 5.33. The first-order valence-electron chi connectivity index (χ1n) is 5.54. The minimum Gasteiger partial charge on any atom is -0.501 e. The van der Waals surface area contributed by atoms with Crippen molar-refractivity contribution in [1.82, 2.24) is 0 Å². The van der Waals surface area contributed by atoms with Gasteiger partial charge >= 0.3 is 0 Å². The maximum Gasteiger partial charge on any atom is 0.140 e. The van der Waals surface area contributed by atoms with Crippen LogP contribution in [-0.2, 0) is 9.53 Å². The van der Waals surface area contributed by atoms with Crippen LogP contribution in [0.15, 0.2) is 23.5 Å². The van der Waals surface area contributed by atoms with Gasteiger partial charge in [0.15, 0.2) is 0 Å². The molecule has 4 atom stereocenters. The zero-order chi connectivity index (χ0) is 11.2. The van der Waals surface area contributed by atoms with Crippen molar-refractivity contribution in [3.63, 3.8) is 0 Å². The molecule has 0 saturated heterocycles. The van der Waals surface area contributed by atoms with E-state index in [1.54, 1.807) is 7.11 Å². The number of methoxy groups -OCH3 is 1. The SMILES string of the molecule is COC(C)=C1[C@H]2C=C[C@@H]1[C@H](C)C(=O)[C@@H]2C. The fourth-order valence-corrected chi connectivity index (χ4v) is 2.90. The Morgan fingerprint density at radius 2 is 1.67 bits per heavy atom. The first-order chi connectivity index (χ1) is 7.07. The third kappa shape index (κ3) is 1.35. The molecule has 0 aliphatic heterocycles. The van der Waals surface area contributed by atoms with Gasteiger partial charge in [0.2, 0.25) is 0 Å². The number of carbonyl (C=O) groups excluding carboxylic acids is 1. The van der Waals surface area contributed by atoms with Crippen molar-refractivity contribution in [2.24, 2.45) is 23.7 Å². The number of ketones is 1. The number of ether oxygens (including phenoxy) is 1. The Balaban J connectivity index is 2.45. The maximum atomic E-state index is 11.9. The van der Waals surface area contributed by atoms with Gasteiger partial charge in [0.05, 0.1) is 12.9 Å². The Kier molecular flexibility index (Phi) is 2.45. The second kappa shape index (κ2) is 3.51. The van der Waals surface area contributed by atoms with E-state index >= 15 is 0 Å². The molecule has 0 aromatic carbocycles. The monoisotopic (exact) mass is 206 g/mol. The Morgan fingerprint density at radius 3 is 2.07 bits per heavy atom. The van der Waals surface area contributed by atoms with Crippen LogP contribution in [0.2, 0.25) is 0 Å². The number of allylic oxidation sites excluding steroid dienone is 4. The molecule has 1 fully saturated rings. The Bertz CT molecular complexity index is 328. The van der Waals surface area contributed by atoms with Gasteiger partial charge in [-0.2, -0.15) is 0 Å². The van der Waals surface area contributed by atoms with Gasteiger partial charge in [-0.05, 0) is 12.5 Å². The predicted molar refractivity (Wildman–Crippen MR) is 59.2 cm³/mol. The standard InChI is InChI=1S/C13H18O2/c1-7-10-5-6-11(8(2)13(7)14)12(10)9(3)15-4/h5-8,10-11H,1-4H3/t7-,8+,10+,11-. The fraction of sp³-hybridized carbons (Fsp3) is 0.615. The third-order valence-corrected chi connectivity index (χ3v) is 3.93. The van der Waals surface area contributed by atoms with Crippen LogP contribution in [-0.4, -0.2) is 12.9 Å². The minimum absolute atomic E-state index is 0.107. The molecule has 0 radical (unpaired) electrons. The second-order valence-electron chi connectivity index (χ2n) is 4.63. The molecule has 2 rings (SSSR count). The molecule has 0 aromatic heterocycles. The van der Waals surface area contributed by atoms with Crippen LogP contribution in [0.1, 0.15) is 20.8 Å². The van der Waals surface area contributed by atoms with Crippen LogP contribution < -0.4 is 0 Å². The highest BCUT2D eigenvalue weighted by atomic mass is 16.5. The van der Waals surface area contributed by atoms with Crippen LogP contribution in [0.4, 0.5) is 0 Å². The lowest BCUT2D eigenvalue weighted by atomic mass is 9.69. The van der Waals surface area contributed by atoms with Gasteiger partial charge in [0.25, 0.3) is 0 Å². The van der Waals surface area contributed by atoms with Crippen molar-refractivity contribution < 1.29 is 9.53 Å². The van der Waals surface area contributed by atoms with Crippen molar-refractivity contribution in [1.29, 1.82) is 0 Å². The molecule has 82 valence electrons. The summed E-state index contributed by atoms with van der Waals surface area (Å²) in [7, 11) is 1.70. The van der Waals surface area contributed by atoms with Crippen molar-refractivity contribution in [2.75, 3.05) is 7.11 Å². The van der Waals surface area contributed by atoms with Gasteiger partial charge in [-0.15, -0.1) is 0 Å². The van der Waals surface area contributed by atoms with E-state index in [1.807, 2.05) is 20.8 Å². The van der Waals surface area contributed by atoms with E-state index in [4.69, 9.17) is 4.74 Å². The van der Waals surface area contributed by atoms with Gasteiger partial charge in [-0.1, -0.05) is 26.0 Å². The second-order valence-corrected chi connectivity index (χ2v) is 4.63. The van der Waals surface area contributed by atoms with Crippen LogP contribution >= 0.6 is 0 Å². The van der Waals surface area contributed by atoms with E-state index in [2.05, 4.69) is 12.2 Å². The zero-order valence-electron chi connectivity index (χ0n) is 9.78. The molecule has 0 N–H and O–H groups in total. The predicted octanol–water partition coefficient (Wildman–Crippen LogP) is 2.56. The molecule has 2 aliphatic carbocycles. The lowest BCUT2D eigenvalue weighted by Gasteiger charge is -2.33. The lowest BCUT2D eigenvalue weighted by molar-refractivity contribution is -0.128. The summed E-state index contributed by atoms with van der Waals surface area (Å²) in [6.45, 7) is 6.05. The normalized spacial score (nSPS) is 42.0. The molecule has 1 saturated carbocycles. The number of Topliss-reactive ketones (excluding diaryl/α,β-unsaturated/α-hetero) is 1. The quantitative estimate of drug-likeness (QED) is 0.487. The van der Waals surface area contributed by atoms with E-state index in [-0.39, 0.29) is 23.7 Å². The first-order valence-corrected chi connectivity index (χ1v) is 5.54. The van der Waals surface area contributed by atoms with Crippen molar-refractivity contribution >= 4 is 5.78 Å². The maximum absolute atomic E-state index is 11.9. The smallest absolute Gasteiger partial charge is 0.140 e. The summed E-state index contributed by atoms with van der Waals surface area (Å²) in [6.07, 6.45) is 4.35. The fourth-order valence-electron chi connectivity index (χ4n) is 2.90. The first kappa shape index (κ1) is 10.5. The summed E-state index contributed by atoms with van der Waals surface area (Å²) in [4.78, 5) is 11.9. The molecule has 0 spiro atoms. The third-order valence-electron chi connectivity index (χ3n) is 3.93. The van der Waals surface area contributed by atoms with E-state index in [9.17, 15) is 4.79 Å². The molecular weight excluding hydrogens is 188 g/mol. The molecule has 2 heteroatoms. The van der Waals surface area contributed by atoms with Crippen molar-refractivity contribution in [3.8, 4) is 0 Å². The summed E-state index contributed by atoms with van der Waals surface area (Å²) in [5.74, 6) is 2.14. The van der Waals surface area contributed by atoms with Gasteiger partial charge in [0.1, 0.15) is 5.78 Å². The van der Waals surface area contributed by atoms with Gasteiger partial charge in [-0.25, -0.2) is 0 Å². The Labute approximate surface area is 91.0 Å². The average Bonchev–Trinajstić information content (AvgIpc) is 2.64. The van der Waals surface area contributed by atoms with Crippen molar-refractivity contribution in [2.45, 2.75) is 20.8 Å².